The molecule has 0 spiro atoms. The van der Waals surface area contributed by atoms with Gasteiger partial charge in [-0.05, 0) is 55.2 Å². The minimum atomic E-state index is -4.42. The molecule has 0 saturated carbocycles. The zero-order chi connectivity index (χ0) is 19.2. The molecule has 1 aromatic heterocycles. The van der Waals surface area contributed by atoms with Gasteiger partial charge in [-0.25, -0.2) is 4.98 Å². The first-order chi connectivity index (χ1) is 12.9. The van der Waals surface area contributed by atoms with Gasteiger partial charge in [-0.3, -0.25) is 4.57 Å². The van der Waals surface area contributed by atoms with E-state index in [0.717, 1.165) is 41.8 Å². The Morgan fingerprint density at radius 1 is 1.26 bits per heavy atom. The van der Waals surface area contributed by atoms with Crippen LogP contribution in [0.25, 0.3) is 16.7 Å². The summed E-state index contributed by atoms with van der Waals surface area (Å²) in [4.78, 5) is 4.52. The molecule has 4 nitrogen and oxygen atoms in total. The van der Waals surface area contributed by atoms with Crippen LogP contribution in [0.5, 0.6) is 0 Å². The summed E-state index contributed by atoms with van der Waals surface area (Å²) in [5.74, 6) is 0.597. The number of benzene rings is 2. The van der Waals surface area contributed by atoms with Gasteiger partial charge < -0.3 is 9.84 Å². The van der Waals surface area contributed by atoms with Crippen LogP contribution < -0.4 is 0 Å². The number of hydrogen-bond donors (Lipinski definition) is 1. The number of ether oxygens (including phenoxy) is 1. The quantitative estimate of drug-likeness (QED) is 0.721. The van der Waals surface area contributed by atoms with Crippen LogP contribution in [0.4, 0.5) is 13.2 Å². The van der Waals surface area contributed by atoms with Crippen LogP contribution in [0.2, 0.25) is 0 Å². The number of alkyl halides is 3. The van der Waals surface area contributed by atoms with E-state index in [1.165, 1.54) is 6.07 Å². The zero-order valence-electron chi connectivity index (χ0n) is 14.8. The maximum atomic E-state index is 13.1. The molecular formula is C20H19F3N2O2. The maximum absolute atomic E-state index is 13.1. The molecule has 3 aromatic rings. The lowest BCUT2D eigenvalue weighted by molar-refractivity contribution is -0.137. The fourth-order valence-electron chi connectivity index (χ4n) is 3.61. The molecule has 142 valence electrons. The molecule has 1 aliphatic rings. The second-order valence-corrected chi connectivity index (χ2v) is 6.73. The van der Waals surface area contributed by atoms with Gasteiger partial charge in [0.1, 0.15) is 11.9 Å². The highest BCUT2D eigenvalue weighted by molar-refractivity contribution is 5.80. The van der Waals surface area contributed by atoms with Gasteiger partial charge in [0.2, 0.25) is 0 Å². The summed E-state index contributed by atoms with van der Waals surface area (Å²) in [6, 6.07) is 9.13. The van der Waals surface area contributed by atoms with E-state index < -0.39 is 11.7 Å². The molecule has 1 atom stereocenters. The smallest absolute Gasteiger partial charge is 0.392 e. The Morgan fingerprint density at radius 3 is 2.74 bits per heavy atom. The van der Waals surface area contributed by atoms with Crippen LogP contribution in [0.15, 0.2) is 36.4 Å². The molecule has 4 rings (SSSR count). The fraction of sp³-hybridized carbons (Fsp3) is 0.350. The highest BCUT2D eigenvalue weighted by Crippen LogP contribution is 2.36. The number of imidazole rings is 1. The molecule has 2 aromatic carbocycles. The second-order valence-electron chi connectivity index (χ2n) is 6.73. The van der Waals surface area contributed by atoms with E-state index in [4.69, 9.17) is 4.74 Å². The van der Waals surface area contributed by atoms with Gasteiger partial charge in [0, 0.05) is 6.61 Å². The lowest BCUT2D eigenvalue weighted by atomic mass is 10.1. The number of aliphatic hydroxyl groups excluding tert-OH is 1. The van der Waals surface area contributed by atoms with E-state index >= 15 is 0 Å². The van der Waals surface area contributed by atoms with Crippen molar-refractivity contribution in [1.82, 2.24) is 9.55 Å². The minimum absolute atomic E-state index is 0.111. The zero-order valence-corrected chi connectivity index (χ0v) is 14.8. The van der Waals surface area contributed by atoms with Gasteiger partial charge in [-0.15, -0.1) is 0 Å². The summed E-state index contributed by atoms with van der Waals surface area (Å²) in [7, 11) is 0. The van der Waals surface area contributed by atoms with E-state index in [-0.39, 0.29) is 18.2 Å². The molecule has 1 saturated heterocycles. The maximum Gasteiger partial charge on any atom is 0.416 e. The van der Waals surface area contributed by atoms with E-state index in [2.05, 4.69) is 4.98 Å². The van der Waals surface area contributed by atoms with Crippen molar-refractivity contribution in [2.45, 2.75) is 38.7 Å². The third kappa shape index (κ3) is 3.11. The van der Waals surface area contributed by atoms with Crippen LogP contribution in [0.3, 0.4) is 0 Å². The second kappa shape index (κ2) is 6.65. The van der Waals surface area contributed by atoms with Gasteiger partial charge in [-0.1, -0.05) is 12.1 Å². The van der Waals surface area contributed by atoms with Crippen LogP contribution in [0.1, 0.15) is 41.5 Å². The molecule has 1 fully saturated rings. The van der Waals surface area contributed by atoms with Crippen molar-refractivity contribution < 1.29 is 23.0 Å². The molecule has 7 heteroatoms. The summed E-state index contributed by atoms with van der Waals surface area (Å²) in [5.41, 5.74) is 2.56. The Kier molecular flexibility index (Phi) is 4.44. The molecular weight excluding hydrogens is 357 g/mol. The first-order valence-corrected chi connectivity index (χ1v) is 8.81. The van der Waals surface area contributed by atoms with Crippen LogP contribution in [-0.4, -0.2) is 21.3 Å². The largest absolute Gasteiger partial charge is 0.416 e. The molecule has 0 bridgehead atoms. The number of aromatic nitrogens is 2. The Bertz CT molecular complexity index is 989. The molecule has 27 heavy (non-hydrogen) atoms. The predicted octanol–water partition coefficient (Wildman–Crippen LogP) is 4.70. The van der Waals surface area contributed by atoms with Crippen molar-refractivity contribution >= 4 is 11.0 Å². The number of nitrogens with zero attached hydrogens (tertiary/aromatic N) is 2. The Morgan fingerprint density at radius 2 is 2.07 bits per heavy atom. The summed E-state index contributed by atoms with van der Waals surface area (Å²) in [6.45, 7) is 2.38. The van der Waals surface area contributed by atoms with Gasteiger partial charge >= 0.3 is 6.18 Å². The monoisotopic (exact) mass is 376 g/mol. The lowest BCUT2D eigenvalue weighted by Crippen LogP contribution is -2.09. The summed E-state index contributed by atoms with van der Waals surface area (Å²) in [5, 5.41) is 9.59. The number of hydrogen-bond acceptors (Lipinski definition) is 3. The van der Waals surface area contributed by atoms with Gasteiger partial charge in [0.15, 0.2) is 0 Å². The molecule has 1 N–H and O–H groups in total. The third-order valence-corrected chi connectivity index (χ3v) is 5.05. The number of aliphatic hydroxyl groups is 1. The van der Waals surface area contributed by atoms with Gasteiger partial charge in [0.25, 0.3) is 0 Å². The molecule has 2 heterocycles. The van der Waals surface area contributed by atoms with E-state index in [1.807, 2.05) is 29.7 Å². The summed E-state index contributed by atoms with van der Waals surface area (Å²) in [6.07, 6.45) is -3.02. The standard InChI is InChI=1S/C20H19F3N2O2/c1-12-13(11-26)4-2-5-16(12)25-17-8-7-14(20(21,22)23)10-15(17)24-19(25)18-6-3-9-27-18/h2,4-5,7-8,10,18,26H,3,6,9,11H2,1H3/t18-/m1/s1. The van der Waals surface area contributed by atoms with Gasteiger partial charge in [0.05, 0.1) is 28.9 Å². The summed E-state index contributed by atoms with van der Waals surface area (Å²) < 4.78 is 47.0. The first-order valence-electron chi connectivity index (χ1n) is 8.81. The Hall–Kier alpha value is -2.38. The first kappa shape index (κ1) is 18.0. The van der Waals surface area contributed by atoms with Crippen LogP contribution in [-0.2, 0) is 17.5 Å². The van der Waals surface area contributed by atoms with E-state index in [9.17, 15) is 18.3 Å². The highest BCUT2D eigenvalue weighted by atomic mass is 19.4. The van der Waals surface area contributed by atoms with Crippen molar-refractivity contribution in [3.63, 3.8) is 0 Å². The molecule has 0 radical (unpaired) electrons. The number of rotatable bonds is 3. The van der Waals surface area contributed by atoms with Crippen molar-refractivity contribution in [3.8, 4) is 5.69 Å². The average Bonchev–Trinajstić information content (AvgIpc) is 3.28. The summed E-state index contributed by atoms with van der Waals surface area (Å²) >= 11 is 0. The number of fused-ring (bicyclic) bond motifs is 1. The topological polar surface area (TPSA) is 47.3 Å². The van der Waals surface area contributed by atoms with Crippen molar-refractivity contribution in [1.29, 1.82) is 0 Å². The van der Waals surface area contributed by atoms with Crippen molar-refractivity contribution in [2.75, 3.05) is 6.61 Å². The molecule has 0 unspecified atom stereocenters. The van der Waals surface area contributed by atoms with E-state index in [0.29, 0.717) is 17.9 Å². The van der Waals surface area contributed by atoms with Crippen molar-refractivity contribution in [2.24, 2.45) is 0 Å². The van der Waals surface area contributed by atoms with Crippen LogP contribution in [0, 0.1) is 6.92 Å². The highest BCUT2D eigenvalue weighted by Gasteiger charge is 2.32. The molecule has 0 aliphatic carbocycles. The average molecular weight is 376 g/mol. The van der Waals surface area contributed by atoms with Crippen molar-refractivity contribution in [3.05, 3.63) is 58.9 Å². The minimum Gasteiger partial charge on any atom is -0.392 e. The Labute approximate surface area is 154 Å². The van der Waals surface area contributed by atoms with Gasteiger partial charge in [-0.2, -0.15) is 13.2 Å². The lowest BCUT2D eigenvalue weighted by Gasteiger charge is -2.17. The third-order valence-electron chi connectivity index (χ3n) is 5.05. The van der Waals surface area contributed by atoms with E-state index in [1.54, 1.807) is 0 Å². The Balaban J connectivity index is 1.98. The number of halogens is 3. The van der Waals surface area contributed by atoms with Crippen LogP contribution >= 0.6 is 0 Å². The molecule has 1 aliphatic heterocycles. The SMILES string of the molecule is Cc1c(CO)cccc1-n1c([C@H]2CCCO2)nc2cc(C(F)(F)F)ccc21. The normalized spacial score (nSPS) is 17.7. The predicted molar refractivity (Wildman–Crippen MR) is 94.7 cm³/mol. The fourth-order valence-corrected chi connectivity index (χ4v) is 3.61. The molecule has 0 amide bonds.